The summed E-state index contributed by atoms with van der Waals surface area (Å²) in [5, 5.41) is 3.36. The smallest absolute Gasteiger partial charge is 0.264 e. The molecule has 0 saturated heterocycles. The average Bonchev–Trinajstić information content (AvgIpc) is 3.48. The molecule has 0 aliphatic heterocycles. The number of nitrogens with zero attached hydrogens (tertiary/aromatic N) is 2. The van der Waals surface area contributed by atoms with Gasteiger partial charge in [0.15, 0.2) is 0 Å². The highest BCUT2D eigenvalue weighted by Gasteiger charge is 2.34. The van der Waals surface area contributed by atoms with Crippen molar-refractivity contribution in [2.24, 2.45) is 0 Å². The lowest BCUT2D eigenvalue weighted by Crippen LogP contribution is -2.52. The van der Waals surface area contributed by atoms with Crippen molar-refractivity contribution < 1.29 is 22.7 Å². The number of ether oxygens (including phenoxy) is 1. The first-order valence-corrected chi connectivity index (χ1v) is 15.5. The number of nitrogens with one attached hydrogen (secondary N) is 1. The number of aryl methyl sites for hydroxylation is 1. The zero-order valence-electron chi connectivity index (χ0n) is 23.5. The molecule has 3 aromatic carbocycles. The molecule has 8 nitrogen and oxygen atoms in total. The van der Waals surface area contributed by atoms with Gasteiger partial charge in [0, 0.05) is 17.6 Å². The highest BCUT2D eigenvalue weighted by molar-refractivity contribution is 7.92. The third-order valence-electron chi connectivity index (χ3n) is 7.49. The normalized spacial score (nSPS) is 14.3. The number of anilines is 1. The van der Waals surface area contributed by atoms with Gasteiger partial charge in [-0.15, -0.1) is 0 Å². The molecule has 2 amide bonds. The van der Waals surface area contributed by atoms with Crippen LogP contribution in [0.3, 0.4) is 0 Å². The van der Waals surface area contributed by atoms with Crippen molar-refractivity contribution in [3.05, 3.63) is 88.9 Å². The number of carbonyl (C=O) groups is 2. The Hall–Kier alpha value is -3.56. The number of sulfonamides is 1. The summed E-state index contributed by atoms with van der Waals surface area (Å²) >= 11 is 6.29. The van der Waals surface area contributed by atoms with Gasteiger partial charge in [0.1, 0.15) is 18.3 Å². The van der Waals surface area contributed by atoms with E-state index in [1.165, 1.54) is 30.2 Å². The first-order chi connectivity index (χ1) is 19.6. The maximum Gasteiger partial charge on any atom is 0.264 e. The highest BCUT2D eigenvalue weighted by atomic mass is 35.5. The van der Waals surface area contributed by atoms with E-state index in [1.54, 1.807) is 37.3 Å². The fourth-order valence-corrected chi connectivity index (χ4v) is 6.64. The molecule has 218 valence electrons. The van der Waals surface area contributed by atoms with Crippen molar-refractivity contribution in [2.75, 3.05) is 18.0 Å². The minimum atomic E-state index is -4.23. The molecule has 1 aliphatic rings. The number of hydrogen-bond acceptors (Lipinski definition) is 5. The summed E-state index contributed by atoms with van der Waals surface area (Å²) in [5.41, 5.74) is 1.94. The molecule has 0 bridgehead atoms. The van der Waals surface area contributed by atoms with Crippen LogP contribution in [0.2, 0.25) is 5.02 Å². The van der Waals surface area contributed by atoms with Gasteiger partial charge in [-0.3, -0.25) is 13.9 Å². The molecule has 1 saturated carbocycles. The van der Waals surface area contributed by atoms with E-state index in [9.17, 15) is 18.0 Å². The Balaban J connectivity index is 1.74. The number of benzene rings is 3. The first kappa shape index (κ1) is 30.4. The number of halogens is 1. The number of amides is 2. The fourth-order valence-electron chi connectivity index (χ4n) is 5.04. The van der Waals surface area contributed by atoms with Crippen LogP contribution in [-0.2, 0) is 26.2 Å². The Bertz CT molecular complexity index is 1480. The number of rotatable bonds is 11. The Morgan fingerprint density at radius 2 is 1.68 bits per heavy atom. The molecule has 1 fully saturated rings. The molecule has 1 atom stereocenters. The maximum absolute atomic E-state index is 14.2. The molecule has 3 aromatic rings. The first-order valence-electron chi connectivity index (χ1n) is 13.7. The summed E-state index contributed by atoms with van der Waals surface area (Å²) in [7, 11) is -2.81. The second-order valence-electron chi connectivity index (χ2n) is 10.3. The summed E-state index contributed by atoms with van der Waals surface area (Å²) in [6.45, 7) is 3.18. The van der Waals surface area contributed by atoms with Crippen molar-refractivity contribution in [3.63, 3.8) is 0 Å². The fraction of sp³-hybridized carbons (Fsp3) is 0.355. The predicted molar refractivity (Wildman–Crippen MR) is 161 cm³/mol. The number of hydrogen-bond donors (Lipinski definition) is 1. The van der Waals surface area contributed by atoms with Crippen LogP contribution in [0.5, 0.6) is 5.75 Å². The van der Waals surface area contributed by atoms with Gasteiger partial charge >= 0.3 is 0 Å². The molecule has 0 aromatic heterocycles. The highest BCUT2D eigenvalue weighted by Crippen LogP contribution is 2.35. The third kappa shape index (κ3) is 7.21. The van der Waals surface area contributed by atoms with Crippen LogP contribution >= 0.6 is 11.6 Å². The summed E-state index contributed by atoms with van der Waals surface area (Å²) in [4.78, 5) is 29.0. The van der Waals surface area contributed by atoms with Crippen molar-refractivity contribution in [1.29, 1.82) is 0 Å². The average molecular weight is 598 g/mol. The van der Waals surface area contributed by atoms with Crippen molar-refractivity contribution in [1.82, 2.24) is 10.2 Å². The topological polar surface area (TPSA) is 96.0 Å². The molecule has 10 heteroatoms. The molecular weight excluding hydrogens is 562 g/mol. The van der Waals surface area contributed by atoms with Gasteiger partial charge in [0.2, 0.25) is 11.8 Å². The molecule has 0 heterocycles. The molecule has 0 spiro atoms. The van der Waals surface area contributed by atoms with Crippen LogP contribution < -0.4 is 14.4 Å². The van der Waals surface area contributed by atoms with Crippen LogP contribution in [0.1, 0.15) is 43.7 Å². The minimum absolute atomic E-state index is 0.00677. The molecular formula is C31H36ClN3O5S. The zero-order valence-corrected chi connectivity index (χ0v) is 25.1. The Kier molecular flexibility index (Phi) is 9.94. The summed E-state index contributed by atoms with van der Waals surface area (Å²) < 4.78 is 34.5. The molecule has 1 N–H and O–H groups in total. The van der Waals surface area contributed by atoms with E-state index < -0.39 is 28.5 Å². The molecule has 0 unspecified atom stereocenters. The molecule has 41 heavy (non-hydrogen) atoms. The quantitative estimate of drug-likeness (QED) is 0.322. The second-order valence-corrected chi connectivity index (χ2v) is 12.6. The maximum atomic E-state index is 14.2. The molecule has 4 rings (SSSR count). The lowest BCUT2D eigenvalue weighted by molar-refractivity contribution is -0.139. The van der Waals surface area contributed by atoms with Gasteiger partial charge in [-0.05, 0) is 68.1 Å². The second kappa shape index (κ2) is 13.4. The van der Waals surface area contributed by atoms with Gasteiger partial charge in [-0.25, -0.2) is 8.42 Å². The summed E-state index contributed by atoms with van der Waals surface area (Å²) in [5.74, 6) is -0.570. The summed E-state index contributed by atoms with van der Waals surface area (Å²) in [6, 6.07) is 19.3. The van der Waals surface area contributed by atoms with E-state index in [4.69, 9.17) is 16.3 Å². The van der Waals surface area contributed by atoms with Crippen LogP contribution in [0, 0.1) is 6.92 Å². The predicted octanol–water partition coefficient (Wildman–Crippen LogP) is 5.33. The zero-order chi connectivity index (χ0) is 29.6. The van der Waals surface area contributed by atoms with Crippen LogP contribution in [0.4, 0.5) is 5.69 Å². The standard InChI is InChI=1S/C31H36ClN3O5S/c1-22-11-7-8-12-24(22)20-34(23(2)31(37)33-26-13-9-10-14-26)30(36)21-35(28-19-25(32)17-18-29(28)40-3)41(38,39)27-15-5-4-6-16-27/h4-8,11-12,15-19,23,26H,9-10,13-14,20-21H2,1-3H3,(H,33,37)/t23-/m1/s1. The SMILES string of the molecule is COc1ccc(Cl)cc1N(CC(=O)N(Cc1ccccc1C)[C@H](C)C(=O)NC1CCCC1)S(=O)(=O)c1ccccc1. The lowest BCUT2D eigenvalue weighted by Gasteiger charge is -2.33. The Labute approximate surface area is 247 Å². The van der Waals surface area contributed by atoms with Gasteiger partial charge in [-0.1, -0.05) is 66.9 Å². The van der Waals surface area contributed by atoms with Crippen LogP contribution in [0.25, 0.3) is 0 Å². The van der Waals surface area contributed by atoms with Crippen molar-refractivity contribution >= 4 is 39.1 Å². The third-order valence-corrected chi connectivity index (χ3v) is 9.50. The van der Waals surface area contributed by atoms with E-state index in [1.807, 2.05) is 31.2 Å². The Morgan fingerprint density at radius 1 is 1.02 bits per heavy atom. The molecule has 1 aliphatic carbocycles. The van der Waals surface area contributed by atoms with Gasteiger partial charge < -0.3 is 15.0 Å². The minimum Gasteiger partial charge on any atom is -0.495 e. The van der Waals surface area contributed by atoms with Crippen LogP contribution in [-0.4, -0.2) is 50.9 Å². The Morgan fingerprint density at radius 3 is 2.34 bits per heavy atom. The number of carbonyl (C=O) groups excluding carboxylic acids is 2. The van der Waals surface area contributed by atoms with E-state index in [0.29, 0.717) is 0 Å². The van der Waals surface area contributed by atoms with E-state index >= 15 is 0 Å². The molecule has 0 radical (unpaired) electrons. The summed E-state index contributed by atoms with van der Waals surface area (Å²) in [6.07, 6.45) is 3.92. The van der Waals surface area contributed by atoms with Crippen molar-refractivity contribution in [2.45, 2.75) is 63.1 Å². The van der Waals surface area contributed by atoms with Gasteiger partial charge in [0.05, 0.1) is 17.7 Å². The van der Waals surface area contributed by atoms with Crippen molar-refractivity contribution in [3.8, 4) is 5.75 Å². The van der Waals surface area contributed by atoms with E-state index in [0.717, 1.165) is 41.1 Å². The largest absolute Gasteiger partial charge is 0.495 e. The number of methoxy groups -OCH3 is 1. The lowest BCUT2D eigenvalue weighted by atomic mass is 10.1. The van der Waals surface area contributed by atoms with Crippen LogP contribution in [0.15, 0.2) is 77.7 Å². The monoisotopic (exact) mass is 597 g/mol. The van der Waals surface area contributed by atoms with E-state index in [-0.39, 0.29) is 39.8 Å². The van der Waals surface area contributed by atoms with Gasteiger partial charge in [-0.2, -0.15) is 0 Å². The van der Waals surface area contributed by atoms with E-state index in [2.05, 4.69) is 5.32 Å². The van der Waals surface area contributed by atoms with Gasteiger partial charge in [0.25, 0.3) is 10.0 Å².